The summed E-state index contributed by atoms with van der Waals surface area (Å²) in [7, 11) is 2.03. The van der Waals surface area contributed by atoms with Gasteiger partial charge in [-0.25, -0.2) is 0 Å². The van der Waals surface area contributed by atoms with Gasteiger partial charge in [-0.05, 0) is 81.7 Å². The molecular formula is C17H28N2O. The summed E-state index contributed by atoms with van der Waals surface area (Å²) < 4.78 is 0. The molecular weight excluding hydrogens is 248 g/mol. The minimum atomic E-state index is 0.454. The second-order valence-corrected chi connectivity index (χ2v) is 7.67. The molecule has 1 N–H and O–H groups in total. The van der Waals surface area contributed by atoms with Crippen molar-refractivity contribution >= 4 is 5.91 Å². The molecule has 4 fully saturated rings. The Balaban J connectivity index is 1.29. The topological polar surface area (TPSA) is 32.3 Å². The molecule has 20 heavy (non-hydrogen) atoms. The van der Waals surface area contributed by atoms with Crippen LogP contribution in [0.15, 0.2) is 0 Å². The van der Waals surface area contributed by atoms with Crippen LogP contribution in [0.5, 0.6) is 0 Å². The highest BCUT2D eigenvalue weighted by Gasteiger charge is 2.67. The molecule has 0 aromatic heterocycles. The number of carbonyl (C=O) groups excluding carboxylic acids is 1. The standard InChI is InChI=1S/C17H28N2O/c1-18-7-4-11-5-8-19(9-6-11)17(20)16-14-12-2-3-13(10-12)15(14)16/h11-16,18H,2-10H2,1H3. The summed E-state index contributed by atoms with van der Waals surface area (Å²) in [6.45, 7) is 3.17. The van der Waals surface area contributed by atoms with Crippen LogP contribution in [0.2, 0.25) is 0 Å². The van der Waals surface area contributed by atoms with E-state index in [-0.39, 0.29) is 0 Å². The van der Waals surface area contributed by atoms with Gasteiger partial charge < -0.3 is 10.2 Å². The van der Waals surface area contributed by atoms with E-state index in [1.165, 1.54) is 38.5 Å². The smallest absolute Gasteiger partial charge is 0.226 e. The van der Waals surface area contributed by atoms with Gasteiger partial charge in [-0.1, -0.05) is 0 Å². The largest absolute Gasteiger partial charge is 0.342 e. The SMILES string of the molecule is CNCCC1CCN(C(=O)C2C3C4CCC(C4)C23)CC1. The van der Waals surface area contributed by atoms with Gasteiger partial charge in [-0.3, -0.25) is 4.79 Å². The lowest BCUT2D eigenvalue weighted by Crippen LogP contribution is -2.40. The average molecular weight is 276 g/mol. The Bertz CT molecular complexity index is 372. The Morgan fingerprint density at radius 1 is 1.10 bits per heavy atom. The van der Waals surface area contributed by atoms with Crippen molar-refractivity contribution in [2.45, 2.75) is 38.5 Å². The minimum absolute atomic E-state index is 0.454. The maximum Gasteiger partial charge on any atom is 0.226 e. The van der Waals surface area contributed by atoms with Crippen LogP contribution >= 0.6 is 0 Å². The number of likely N-dealkylation sites (tertiary alicyclic amines) is 1. The number of hydrogen-bond acceptors (Lipinski definition) is 2. The van der Waals surface area contributed by atoms with E-state index in [4.69, 9.17) is 0 Å². The van der Waals surface area contributed by atoms with Crippen molar-refractivity contribution in [2.24, 2.45) is 35.5 Å². The van der Waals surface area contributed by atoms with Gasteiger partial charge in [0.2, 0.25) is 5.91 Å². The zero-order chi connectivity index (χ0) is 13.7. The lowest BCUT2D eigenvalue weighted by molar-refractivity contribution is -0.135. The van der Waals surface area contributed by atoms with Crippen molar-refractivity contribution in [1.82, 2.24) is 10.2 Å². The number of fused-ring (bicyclic) bond motifs is 5. The maximum atomic E-state index is 12.7. The van der Waals surface area contributed by atoms with Crippen molar-refractivity contribution < 1.29 is 4.79 Å². The summed E-state index contributed by atoms with van der Waals surface area (Å²) in [6, 6.07) is 0. The summed E-state index contributed by atoms with van der Waals surface area (Å²) >= 11 is 0. The highest BCUT2D eigenvalue weighted by Crippen LogP contribution is 2.69. The van der Waals surface area contributed by atoms with Gasteiger partial charge in [-0.15, -0.1) is 0 Å². The van der Waals surface area contributed by atoms with E-state index in [9.17, 15) is 4.79 Å². The lowest BCUT2D eigenvalue weighted by Gasteiger charge is -2.32. The molecule has 1 amide bonds. The normalized spacial score (nSPS) is 42.9. The van der Waals surface area contributed by atoms with E-state index in [2.05, 4.69) is 10.2 Å². The predicted molar refractivity (Wildman–Crippen MR) is 79.1 cm³/mol. The summed E-state index contributed by atoms with van der Waals surface area (Å²) in [5.41, 5.74) is 0. The molecule has 0 spiro atoms. The number of amides is 1. The van der Waals surface area contributed by atoms with Crippen LogP contribution in [0, 0.1) is 35.5 Å². The van der Waals surface area contributed by atoms with Crippen molar-refractivity contribution in [3.8, 4) is 0 Å². The number of carbonyl (C=O) groups is 1. The highest BCUT2D eigenvalue weighted by molar-refractivity contribution is 5.83. The average Bonchev–Trinajstić information content (AvgIpc) is 2.92. The van der Waals surface area contributed by atoms with E-state index >= 15 is 0 Å². The van der Waals surface area contributed by atoms with Crippen LogP contribution in [0.1, 0.15) is 38.5 Å². The molecule has 4 rings (SSSR count). The predicted octanol–water partition coefficient (Wildman–Crippen LogP) is 2.13. The van der Waals surface area contributed by atoms with Gasteiger partial charge in [0.15, 0.2) is 0 Å². The van der Waals surface area contributed by atoms with E-state index in [0.717, 1.165) is 49.2 Å². The molecule has 0 aromatic rings. The Morgan fingerprint density at radius 2 is 1.75 bits per heavy atom. The molecule has 3 heteroatoms. The van der Waals surface area contributed by atoms with Crippen molar-refractivity contribution in [3.05, 3.63) is 0 Å². The summed E-state index contributed by atoms with van der Waals surface area (Å²) in [5.74, 6) is 5.28. The molecule has 1 aliphatic heterocycles. The van der Waals surface area contributed by atoms with E-state index < -0.39 is 0 Å². The Morgan fingerprint density at radius 3 is 2.35 bits per heavy atom. The van der Waals surface area contributed by atoms with E-state index in [1.807, 2.05) is 7.05 Å². The van der Waals surface area contributed by atoms with Crippen LogP contribution in [0.4, 0.5) is 0 Å². The summed E-state index contributed by atoms with van der Waals surface area (Å²) in [6.07, 6.45) is 8.01. The van der Waals surface area contributed by atoms with Gasteiger partial charge in [0, 0.05) is 19.0 Å². The molecule has 3 nitrogen and oxygen atoms in total. The molecule has 4 aliphatic rings. The molecule has 0 aromatic carbocycles. The van der Waals surface area contributed by atoms with Gasteiger partial charge >= 0.3 is 0 Å². The van der Waals surface area contributed by atoms with Crippen molar-refractivity contribution in [1.29, 1.82) is 0 Å². The van der Waals surface area contributed by atoms with Gasteiger partial charge in [0.05, 0.1) is 0 Å². The molecule has 4 atom stereocenters. The third kappa shape index (κ3) is 2.01. The molecule has 3 aliphatic carbocycles. The first kappa shape index (κ1) is 13.1. The molecule has 0 radical (unpaired) electrons. The first-order valence-corrected chi connectivity index (χ1v) is 8.73. The Kier molecular flexibility index (Phi) is 3.29. The fourth-order valence-corrected chi connectivity index (χ4v) is 5.66. The summed E-state index contributed by atoms with van der Waals surface area (Å²) in [5, 5.41) is 3.24. The van der Waals surface area contributed by atoms with Crippen LogP contribution in [-0.2, 0) is 4.79 Å². The number of rotatable bonds is 4. The number of nitrogens with one attached hydrogen (secondary N) is 1. The number of nitrogens with zero attached hydrogens (tertiary/aromatic N) is 1. The van der Waals surface area contributed by atoms with Crippen LogP contribution in [-0.4, -0.2) is 37.5 Å². The second-order valence-electron chi connectivity index (χ2n) is 7.67. The monoisotopic (exact) mass is 276 g/mol. The zero-order valence-electron chi connectivity index (χ0n) is 12.7. The van der Waals surface area contributed by atoms with Gasteiger partial charge in [-0.2, -0.15) is 0 Å². The quantitative estimate of drug-likeness (QED) is 0.853. The molecule has 112 valence electrons. The minimum Gasteiger partial charge on any atom is -0.342 e. The summed E-state index contributed by atoms with van der Waals surface area (Å²) in [4.78, 5) is 14.9. The van der Waals surface area contributed by atoms with Crippen LogP contribution in [0.25, 0.3) is 0 Å². The lowest BCUT2D eigenvalue weighted by atomic mass is 9.92. The maximum absolute atomic E-state index is 12.7. The van der Waals surface area contributed by atoms with Crippen LogP contribution in [0.3, 0.4) is 0 Å². The van der Waals surface area contributed by atoms with E-state index in [1.54, 1.807) is 0 Å². The third-order valence-corrected chi connectivity index (χ3v) is 6.75. The first-order chi connectivity index (χ1) is 9.79. The second kappa shape index (κ2) is 5.01. The molecule has 1 saturated heterocycles. The fourth-order valence-electron chi connectivity index (χ4n) is 5.66. The molecule has 4 unspecified atom stereocenters. The number of piperidine rings is 1. The van der Waals surface area contributed by atoms with Gasteiger partial charge in [0.25, 0.3) is 0 Å². The first-order valence-electron chi connectivity index (χ1n) is 8.73. The van der Waals surface area contributed by atoms with Crippen molar-refractivity contribution in [3.63, 3.8) is 0 Å². The zero-order valence-corrected chi connectivity index (χ0v) is 12.7. The highest BCUT2D eigenvalue weighted by atomic mass is 16.2. The fraction of sp³-hybridized carbons (Fsp3) is 0.941. The third-order valence-electron chi connectivity index (χ3n) is 6.75. The van der Waals surface area contributed by atoms with Crippen LogP contribution < -0.4 is 5.32 Å². The van der Waals surface area contributed by atoms with Gasteiger partial charge in [0.1, 0.15) is 0 Å². The number of hydrogen-bond donors (Lipinski definition) is 1. The van der Waals surface area contributed by atoms with Crippen molar-refractivity contribution in [2.75, 3.05) is 26.7 Å². The van der Waals surface area contributed by atoms with E-state index in [0.29, 0.717) is 11.8 Å². The molecule has 1 heterocycles. The Labute approximate surface area is 122 Å². The molecule has 3 saturated carbocycles. The molecule has 2 bridgehead atoms. The Hall–Kier alpha value is -0.570.